The van der Waals surface area contributed by atoms with E-state index in [2.05, 4.69) is 19.9 Å². The molecule has 7 atom stereocenters. The average molecular weight is 304 g/mol. The van der Waals surface area contributed by atoms with Gasteiger partial charge in [0.05, 0.1) is 12.2 Å². The third-order valence-electron chi connectivity index (χ3n) is 7.89. The van der Waals surface area contributed by atoms with E-state index in [0.717, 1.165) is 38.5 Å². The van der Waals surface area contributed by atoms with Crippen LogP contribution in [0.15, 0.2) is 11.6 Å². The molecule has 0 aromatic carbocycles. The number of aliphatic hydroxyl groups is 2. The van der Waals surface area contributed by atoms with E-state index >= 15 is 0 Å². The van der Waals surface area contributed by atoms with Crippen LogP contribution >= 0.6 is 0 Å². The maximum atomic E-state index is 12.4. The van der Waals surface area contributed by atoms with Crippen molar-refractivity contribution in [2.45, 2.75) is 71.0 Å². The Labute approximate surface area is 132 Å². The number of hydrogen-bond donors (Lipinski definition) is 2. The van der Waals surface area contributed by atoms with Gasteiger partial charge >= 0.3 is 0 Å². The SMILES string of the molecule is C[C@]12CC[C@H]3[C@@H](CC=C4C[C@@H](O)CC(O)[C@@]43C)[C@@H]1CCC2=O. The van der Waals surface area contributed by atoms with Gasteiger partial charge in [0.2, 0.25) is 0 Å². The topological polar surface area (TPSA) is 57.5 Å². The summed E-state index contributed by atoms with van der Waals surface area (Å²) in [7, 11) is 0. The Hall–Kier alpha value is -0.670. The van der Waals surface area contributed by atoms with Crippen molar-refractivity contribution in [2.24, 2.45) is 28.6 Å². The van der Waals surface area contributed by atoms with Crippen molar-refractivity contribution in [3.63, 3.8) is 0 Å². The fourth-order valence-electron chi connectivity index (χ4n) is 6.47. The molecular weight excluding hydrogens is 276 g/mol. The quantitative estimate of drug-likeness (QED) is 0.677. The number of allylic oxidation sites excluding steroid dienone is 1. The van der Waals surface area contributed by atoms with Gasteiger partial charge in [-0.1, -0.05) is 25.5 Å². The Morgan fingerprint density at radius 3 is 2.73 bits per heavy atom. The minimum absolute atomic E-state index is 0.109. The average Bonchev–Trinajstić information content (AvgIpc) is 2.77. The van der Waals surface area contributed by atoms with Crippen LogP contribution < -0.4 is 0 Å². The summed E-state index contributed by atoms with van der Waals surface area (Å²) in [6, 6.07) is 0. The molecule has 22 heavy (non-hydrogen) atoms. The molecule has 2 N–H and O–H groups in total. The molecule has 0 aromatic heterocycles. The van der Waals surface area contributed by atoms with E-state index in [4.69, 9.17) is 0 Å². The van der Waals surface area contributed by atoms with E-state index in [-0.39, 0.29) is 10.8 Å². The van der Waals surface area contributed by atoms with Crippen LogP contribution in [0.2, 0.25) is 0 Å². The summed E-state index contributed by atoms with van der Waals surface area (Å²) < 4.78 is 0. The molecule has 0 heterocycles. The van der Waals surface area contributed by atoms with Crippen LogP contribution in [0.1, 0.15) is 58.8 Å². The molecule has 0 radical (unpaired) electrons. The van der Waals surface area contributed by atoms with Crippen molar-refractivity contribution in [1.29, 1.82) is 0 Å². The normalized spacial score (nSPS) is 54.3. The molecule has 4 aliphatic carbocycles. The van der Waals surface area contributed by atoms with Gasteiger partial charge in [-0.3, -0.25) is 4.79 Å². The van der Waals surface area contributed by atoms with Crippen molar-refractivity contribution in [3.05, 3.63) is 11.6 Å². The molecule has 0 aromatic rings. The molecule has 3 heteroatoms. The molecule has 0 aliphatic heterocycles. The second kappa shape index (κ2) is 4.67. The predicted molar refractivity (Wildman–Crippen MR) is 84.1 cm³/mol. The fraction of sp³-hybridized carbons (Fsp3) is 0.842. The molecule has 3 nitrogen and oxygen atoms in total. The van der Waals surface area contributed by atoms with Gasteiger partial charge in [-0.2, -0.15) is 0 Å². The van der Waals surface area contributed by atoms with Gasteiger partial charge in [-0.25, -0.2) is 0 Å². The van der Waals surface area contributed by atoms with Crippen LogP contribution in [0.25, 0.3) is 0 Å². The van der Waals surface area contributed by atoms with E-state index in [1.54, 1.807) is 0 Å². The Bertz CT molecular complexity index is 539. The molecule has 3 fully saturated rings. The van der Waals surface area contributed by atoms with Gasteiger partial charge in [0, 0.05) is 23.7 Å². The highest BCUT2D eigenvalue weighted by atomic mass is 16.3. The molecular formula is C19H28O3. The Morgan fingerprint density at radius 2 is 1.95 bits per heavy atom. The minimum Gasteiger partial charge on any atom is -0.393 e. The number of rotatable bonds is 0. The number of carbonyl (C=O) groups excluding carboxylic acids is 1. The molecule has 122 valence electrons. The number of ketones is 1. The van der Waals surface area contributed by atoms with Gasteiger partial charge in [-0.05, 0) is 49.9 Å². The standard InChI is InChI=1S/C19H28O3/c1-18-8-7-15-13(14(18)5-6-16(18)21)4-3-11-9-12(20)10-17(22)19(11,15)2/h3,12-15,17,20,22H,4-10H2,1-2H3/t12-,13+,14+,15+,17?,18+,19+/m1/s1. The summed E-state index contributed by atoms with van der Waals surface area (Å²) in [5, 5.41) is 20.8. The zero-order valence-corrected chi connectivity index (χ0v) is 13.7. The van der Waals surface area contributed by atoms with E-state index in [9.17, 15) is 15.0 Å². The Kier molecular flexibility index (Phi) is 3.16. The maximum Gasteiger partial charge on any atom is 0.139 e. The first kappa shape index (κ1) is 14.9. The van der Waals surface area contributed by atoms with Crippen molar-refractivity contribution in [2.75, 3.05) is 0 Å². The summed E-state index contributed by atoms with van der Waals surface area (Å²) in [5.41, 5.74) is 0.977. The summed E-state index contributed by atoms with van der Waals surface area (Å²) in [5.74, 6) is 1.96. The molecule has 0 spiro atoms. The van der Waals surface area contributed by atoms with Gasteiger partial charge in [0.25, 0.3) is 0 Å². The van der Waals surface area contributed by atoms with E-state index in [0.29, 0.717) is 30.0 Å². The highest BCUT2D eigenvalue weighted by Gasteiger charge is 2.60. The number of fused-ring (bicyclic) bond motifs is 5. The lowest BCUT2D eigenvalue weighted by Gasteiger charge is -2.58. The first-order valence-electron chi connectivity index (χ1n) is 8.96. The van der Waals surface area contributed by atoms with Crippen molar-refractivity contribution in [1.82, 2.24) is 0 Å². The minimum atomic E-state index is -0.447. The van der Waals surface area contributed by atoms with Crippen LogP contribution in [-0.2, 0) is 4.79 Å². The smallest absolute Gasteiger partial charge is 0.139 e. The largest absolute Gasteiger partial charge is 0.393 e. The van der Waals surface area contributed by atoms with Gasteiger partial charge in [-0.15, -0.1) is 0 Å². The maximum absolute atomic E-state index is 12.4. The molecule has 4 rings (SSSR count). The van der Waals surface area contributed by atoms with Crippen LogP contribution in [-0.4, -0.2) is 28.2 Å². The zero-order valence-electron chi connectivity index (χ0n) is 13.7. The van der Waals surface area contributed by atoms with Crippen LogP contribution in [0.4, 0.5) is 0 Å². The van der Waals surface area contributed by atoms with Crippen molar-refractivity contribution < 1.29 is 15.0 Å². The predicted octanol–water partition coefficient (Wildman–Crippen LogP) is 2.85. The zero-order chi connectivity index (χ0) is 15.7. The highest BCUT2D eigenvalue weighted by Crippen LogP contribution is 2.63. The third kappa shape index (κ3) is 1.73. The molecule has 0 amide bonds. The number of aliphatic hydroxyl groups excluding tert-OH is 2. The molecule has 1 unspecified atom stereocenters. The summed E-state index contributed by atoms with van der Waals surface area (Å²) in [4.78, 5) is 12.4. The van der Waals surface area contributed by atoms with Crippen molar-refractivity contribution in [3.8, 4) is 0 Å². The van der Waals surface area contributed by atoms with E-state index in [1.165, 1.54) is 5.57 Å². The number of hydrogen-bond acceptors (Lipinski definition) is 3. The number of Topliss-reactive ketones (excluding diaryl/α,β-unsaturated/α-hetero) is 1. The molecule has 4 aliphatic rings. The molecule has 0 bridgehead atoms. The second-order valence-electron chi connectivity index (χ2n) is 8.65. The summed E-state index contributed by atoms with van der Waals surface area (Å²) in [6.45, 7) is 4.40. The first-order valence-corrected chi connectivity index (χ1v) is 8.96. The summed E-state index contributed by atoms with van der Waals surface area (Å²) >= 11 is 0. The lowest BCUT2D eigenvalue weighted by Crippen LogP contribution is -2.55. The van der Waals surface area contributed by atoms with Crippen LogP contribution in [0, 0.1) is 28.6 Å². The van der Waals surface area contributed by atoms with Gasteiger partial charge in [0.1, 0.15) is 5.78 Å². The van der Waals surface area contributed by atoms with Crippen molar-refractivity contribution >= 4 is 5.78 Å². The lowest BCUT2D eigenvalue weighted by molar-refractivity contribution is -0.135. The summed E-state index contributed by atoms with van der Waals surface area (Å²) in [6.07, 6.45) is 7.51. The fourth-order valence-corrected chi connectivity index (χ4v) is 6.47. The number of carbonyl (C=O) groups is 1. The Morgan fingerprint density at radius 1 is 1.18 bits per heavy atom. The van der Waals surface area contributed by atoms with Gasteiger partial charge < -0.3 is 10.2 Å². The van der Waals surface area contributed by atoms with Crippen LogP contribution in [0.3, 0.4) is 0 Å². The van der Waals surface area contributed by atoms with Crippen LogP contribution in [0.5, 0.6) is 0 Å². The second-order valence-corrected chi connectivity index (χ2v) is 8.65. The molecule has 3 saturated carbocycles. The molecule has 0 saturated heterocycles. The Balaban J connectivity index is 1.72. The van der Waals surface area contributed by atoms with E-state index < -0.39 is 12.2 Å². The monoisotopic (exact) mass is 304 g/mol. The highest BCUT2D eigenvalue weighted by molar-refractivity contribution is 5.87. The van der Waals surface area contributed by atoms with E-state index in [1.807, 2.05) is 0 Å². The first-order chi connectivity index (χ1) is 10.4. The lowest BCUT2D eigenvalue weighted by atomic mass is 9.47. The third-order valence-corrected chi connectivity index (χ3v) is 7.89. The van der Waals surface area contributed by atoms with Gasteiger partial charge in [0.15, 0.2) is 0 Å².